The summed E-state index contributed by atoms with van der Waals surface area (Å²) < 4.78 is 29.6. The second kappa shape index (κ2) is 5.14. The predicted molar refractivity (Wildman–Crippen MR) is 70.9 cm³/mol. The third kappa shape index (κ3) is 3.81. The molecule has 1 heterocycles. The summed E-state index contributed by atoms with van der Waals surface area (Å²) in [7, 11) is -3.22. The average Bonchev–Trinajstić information content (AvgIpc) is 2.79. The molecule has 0 amide bonds. The van der Waals surface area contributed by atoms with Crippen LogP contribution in [-0.4, -0.2) is 14.7 Å². The summed E-state index contributed by atoms with van der Waals surface area (Å²) in [6, 6.07) is 10.7. The summed E-state index contributed by atoms with van der Waals surface area (Å²) in [6.07, 6.45) is 2.74. The fourth-order valence-electron chi connectivity index (χ4n) is 1.47. The highest BCUT2D eigenvalue weighted by Gasteiger charge is 2.01. The first-order chi connectivity index (χ1) is 8.53. The van der Waals surface area contributed by atoms with E-state index in [1.807, 2.05) is 12.1 Å². The van der Waals surface area contributed by atoms with Crippen molar-refractivity contribution in [3.05, 3.63) is 48.4 Å². The van der Waals surface area contributed by atoms with E-state index in [1.165, 1.54) is 0 Å². The van der Waals surface area contributed by atoms with E-state index in [2.05, 4.69) is 10.0 Å². The van der Waals surface area contributed by atoms with Crippen LogP contribution < -0.4 is 10.0 Å². The van der Waals surface area contributed by atoms with Crippen LogP contribution >= 0.6 is 0 Å². The Morgan fingerprint density at radius 1 is 1.11 bits per heavy atom. The highest BCUT2D eigenvalue weighted by atomic mass is 32.2. The molecule has 0 aliphatic heterocycles. The number of furan rings is 1. The van der Waals surface area contributed by atoms with Crippen molar-refractivity contribution in [1.29, 1.82) is 0 Å². The van der Waals surface area contributed by atoms with Gasteiger partial charge in [0.25, 0.3) is 0 Å². The van der Waals surface area contributed by atoms with Crippen molar-refractivity contribution in [3.63, 3.8) is 0 Å². The molecule has 2 rings (SSSR count). The maximum absolute atomic E-state index is 11.0. The van der Waals surface area contributed by atoms with Gasteiger partial charge < -0.3 is 9.73 Å². The van der Waals surface area contributed by atoms with Crippen molar-refractivity contribution in [2.45, 2.75) is 6.54 Å². The lowest BCUT2D eigenvalue weighted by atomic mass is 10.3. The standard InChI is InChI=1S/C12H14N2O3S/c1-18(15,16)14-11-6-4-10(5-7-11)13-9-12-3-2-8-17-12/h2-8,13-14H,9H2,1H3. The van der Waals surface area contributed by atoms with Crippen molar-refractivity contribution in [2.24, 2.45) is 0 Å². The van der Waals surface area contributed by atoms with Crippen LogP contribution in [0.2, 0.25) is 0 Å². The fraction of sp³-hybridized carbons (Fsp3) is 0.167. The van der Waals surface area contributed by atoms with Crippen LogP contribution in [0.1, 0.15) is 5.76 Å². The van der Waals surface area contributed by atoms with Gasteiger partial charge >= 0.3 is 0 Å². The van der Waals surface area contributed by atoms with Gasteiger partial charge in [-0.3, -0.25) is 4.72 Å². The summed E-state index contributed by atoms with van der Waals surface area (Å²) in [5.41, 5.74) is 1.44. The Morgan fingerprint density at radius 3 is 2.33 bits per heavy atom. The molecular formula is C12H14N2O3S. The van der Waals surface area contributed by atoms with Crippen LogP contribution in [0.5, 0.6) is 0 Å². The minimum atomic E-state index is -3.22. The summed E-state index contributed by atoms with van der Waals surface area (Å²) in [5, 5.41) is 3.17. The Labute approximate surface area is 106 Å². The first kappa shape index (κ1) is 12.5. The van der Waals surface area contributed by atoms with Gasteiger partial charge in [-0.1, -0.05) is 0 Å². The lowest BCUT2D eigenvalue weighted by molar-refractivity contribution is 0.518. The van der Waals surface area contributed by atoms with Crippen molar-refractivity contribution < 1.29 is 12.8 Å². The molecule has 2 N–H and O–H groups in total. The molecule has 0 fully saturated rings. The molecule has 5 nitrogen and oxygen atoms in total. The van der Waals surface area contributed by atoms with Crippen LogP contribution in [-0.2, 0) is 16.6 Å². The Morgan fingerprint density at radius 2 is 1.78 bits per heavy atom. The molecule has 6 heteroatoms. The summed E-state index contributed by atoms with van der Waals surface area (Å²) >= 11 is 0. The molecule has 96 valence electrons. The smallest absolute Gasteiger partial charge is 0.229 e. The molecular weight excluding hydrogens is 252 g/mol. The molecule has 0 saturated carbocycles. The first-order valence-electron chi connectivity index (χ1n) is 5.37. The van der Waals surface area contributed by atoms with Crippen molar-refractivity contribution in [2.75, 3.05) is 16.3 Å². The van der Waals surface area contributed by atoms with E-state index >= 15 is 0 Å². The Hall–Kier alpha value is -1.95. The first-order valence-corrected chi connectivity index (χ1v) is 7.26. The largest absolute Gasteiger partial charge is 0.467 e. The quantitative estimate of drug-likeness (QED) is 0.870. The van der Waals surface area contributed by atoms with Gasteiger partial charge in [-0.25, -0.2) is 8.42 Å². The third-order valence-corrected chi connectivity index (χ3v) is 2.84. The fourth-order valence-corrected chi connectivity index (χ4v) is 2.04. The highest BCUT2D eigenvalue weighted by molar-refractivity contribution is 7.92. The minimum Gasteiger partial charge on any atom is -0.467 e. The number of rotatable bonds is 5. The van der Waals surface area contributed by atoms with E-state index in [4.69, 9.17) is 4.42 Å². The molecule has 0 aliphatic carbocycles. The van der Waals surface area contributed by atoms with Gasteiger partial charge in [0.15, 0.2) is 0 Å². The van der Waals surface area contributed by atoms with Crippen LogP contribution in [0.4, 0.5) is 11.4 Å². The zero-order valence-corrected chi connectivity index (χ0v) is 10.7. The molecule has 18 heavy (non-hydrogen) atoms. The summed E-state index contributed by atoms with van der Waals surface area (Å²) in [5.74, 6) is 0.841. The van der Waals surface area contributed by atoms with Crippen molar-refractivity contribution >= 4 is 21.4 Å². The summed E-state index contributed by atoms with van der Waals surface area (Å²) in [4.78, 5) is 0. The average molecular weight is 266 g/mol. The van der Waals surface area contributed by atoms with Gasteiger partial charge in [-0.05, 0) is 36.4 Å². The van der Waals surface area contributed by atoms with Gasteiger partial charge in [0.2, 0.25) is 10.0 Å². The van der Waals surface area contributed by atoms with E-state index in [9.17, 15) is 8.42 Å². The zero-order chi connectivity index (χ0) is 13.0. The van der Waals surface area contributed by atoms with Crippen LogP contribution in [0.15, 0.2) is 47.1 Å². The van der Waals surface area contributed by atoms with Crippen molar-refractivity contribution in [3.8, 4) is 0 Å². The SMILES string of the molecule is CS(=O)(=O)Nc1ccc(NCc2ccco2)cc1. The molecule has 0 bridgehead atoms. The Balaban J connectivity index is 1.95. The maximum atomic E-state index is 11.0. The normalized spacial score (nSPS) is 11.2. The van der Waals surface area contributed by atoms with Crippen LogP contribution in [0.25, 0.3) is 0 Å². The van der Waals surface area contributed by atoms with Crippen molar-refractivity contribution in [1.82, 2.24) is 0 Å². The second-order valence-corrected chi connectivity index (χ2v) is 5.63. The van der Waals surface area contributed by atoms with E-state index < -0.39 is 10.0 Å². The Bertz CT molecular complexity index is 589. The number of benzene rings is 1. The monoisotopic (exact) mass is 266 g/mol. The van der Waals surface area contributed by atoms with E-state index in [0.29, 0.717) is 12.2 Å². The molecule has 2 aromatic rings. The van der Waals surface area contributed by atoms with E-state index in [0.717, 1.165) is 17.7 Å². The molecule has 0 saturated heterocycles. The van der Waals surface area contributed by atoms with Gasteiger partial charge in [-0.15, -0.1) is 0 Å². The zero-order valence-electron chi connectivity index (χ0n) is 9.88. The molecule has 0 atom stereocenters. The lowest BCUT2D eigenvalue weighted by Crippen LogP contribution is -2.09. The topological polar surface area (TPSA) is 71.3 Å². The summed E-state index contributed by atoms with van der Waals surface area (Å²) in [6.45, 7) is 0.589. The van der Waals surface area contributed by atoms with Gasteiger partial charge in [-0.2, -0.15) is 0 Å². The number of anilines is 2. The number of hydrogen-bond acceptors (Lipinski definition) is 4. The molecule has 0 spiro atoms. The number of hydrogen-bond donors (Lipinski definition) is 2. The van der Waals surface area contributed by atoms with Crippen LogP contribution in [0.3, 0.4) is 0 Å². The minimum absolute atomic E-state index is 0.543. The Kier molecular flexibility index (Phi) is 3.57. The molecule has 1 aromatic carbocycles. The van der Waals surface area contributed by atoms with E-state index in [1.54, 1.807) is 30.5 Å². The number of sulfonamides is 1. The maximum Gasteiger partial charge on any atom is 0.229 e. The predicted octanol–water partition coefficient (Wildman–Crippen LogP) is 2.26. The number of nitrogens with one attached hydrogen (secondary N) is 2. The molecule has 0 unspecified atom stereocenters. The van der Waals surface area contributed by atoms with Gasteiger partial charge in [0.1, 0.15) is 5.76 Å². The molecule has 0 aliphatic rings. The van der Waals surface area contributed by atoms with E-state index in [-0.39, 0.29) is 0 Å². The second-order valence-electron chi connectivity index (χ2n) is 3.88. The lowest BCUT2D eigenvalue weighted by Gasteiger charge is -2.07. The van der Waals surface area contributed by atoms with Crippen LogP contribution in [0, 0.1) is 0 Å². The molecule has 1 aromatic heterocycles. The highest BCUT2D eigenvalue weighted by Crippen LogP contribution is 2.15. The van der Waals surface area contributed by atoms with Gasteiger partial charge in [0.05, 0.1) is 19.1 Å². The third-order valence-electron chi connectivity index (χ3n) is 2.23. The molecule has 0 radical (unpaired) electrons. The van der Waals surface area contributed by atoms with Gasteiger partial charge in [0, 0.05) is 11.4 Å².